The second-order valence-corrected chi connectivity index (χ2v) is 6.14. The number of ether oxygens (including phenoxy) is 2. The van der Waals surface area contributed by atoms with Gasteiger partial charge in [0.05, 0.1) is 29.9 Å². The molecule has 1 aromatic heterocycles. The van der Waals surface area contributed by atoms with Crippen molar-refractivity contribution in [3.05, 3.63) is 65.2 Å². The lowest BCUT2D eigenvalue weighted by Gasteiger charge is -2.04. The highest BCUT2D eigenvalue weighted by atomic mass is 32.1. The van der Waals surface area contributed by atoms with E-state index in [9.17, 15) is 4.79 Å². The smallest absolute Gasteiger partial charge is 0.308 e. The third-order valence-corrected chi connectivity index (χ3v) is 4.27. The van der Waals surface area contributed by atoms with Gasteiger partial charge in [-0.3, -0.25) is 4.79 Å². The number of esters is 1. The number of carbonyl (C=O) groups is 1. The number of benzene rings is 2. The predicted octanol–water partition coefficient (Wildman–Crippen LogP) is 3.95. The van der Waals surface area contributed by atoms with Crippen molar-refractivity contribution in [1.82, 2.24) is 4.98 Å². The molecule has 0 saturated heterocycles. The van der Waals surface area contributed by atoms with Crippen molar-refractivity contribution in [2.24, 2.45) is 0 Å². The number of fused-ring (bicyclic) bond motifs is 1. The number of nitrogens with zero attached hydrogens (tertiary/aromatic N) is 1. The molecule has 0 unspecified atom stereocenters. The Kier molecular flexibility index (Phi) is 5.34. The Morgan fingerprint density at radius 3 is 2.61 bits per heavy atom. The van der Waals surface area contributed by atoms with Crippen LogP contribution >= 0.6 is 11.3 Å². The molecule has 0 aliphatic rings. The van der Waals surface area contributed by atoms with Crippen LogP contribution in [0.4, 0.5) is 0 Å². The Hall–Kier alpha value is -2.24. The molecule has 0 amide bonds. The zero-order valence-electron chi connectivity index (χ0n) is 12.6. The maximum Gasteiger partial charge on any atom is 0.308 e. The highest BCUT2D eigenvalue weighted by Gasteiger charge is 2.07. The fraction of sp³-hybridized carbons (Fsp3) is 0.222. The third kappa shape index (κ3) is 4.61. The van der Waals surface area contributed by atoms with Gasteiger partial charge in [-0.1, -0.05) is 42.5 Å². The first-order chi connectivity index (χ1) is 11.3. The van der Waals surface area contributed by atoms with E-state index in [1.54, 1.807) is 11.3 Å². The Balaban J connectivity index is 1.38. The molecule has 3 rings (SSSR count). The summed E-state index contributed by atoms with van der Waals surface area (Å²) in [5.41, 5.74) is 2.03. The Bertz CT molecular complexity index is 737. The Labute approximate surface area is 138 Å². The van der Waals surface area contributed by atoms with Crippen LogP contribution in [0.1, 0.15) is 17.0 Å². The molecule has 1 heterocycles. The lowest BCUT2D eigenvalue weighted by atomic mass is 10.2. The fourth-order valence-electron chi connectivity index (χ4n) is 2.12. The van der Waals surface area contributed by atoms with E-state index in [1.165, 1.54) is 0 Å². The van der Waals surface area contributed by atoms with Crippen LogP contribution in [-0.2, 0) is 27.5 Å². The van der Waals surface area contributed by atoms with Crippen molar-refractivity contribution in [3.8, 4) is 0 Å². The molecule has 4 nitrogen and oxygen atoms in total. The van der Waals surface area contributed by atoms with E-state index >= 15 is 0 Å². The van der Waals surface area contributed by atoms with Crippen molar-refractivity contribution in [2.75, 3.05) is 6.61 Å². The highest BCUT2D eigenvalue weighted by Crippen LogP contribution is 2.22. The number of hydrogen-bond acceptors (Lipinski definition) is 5. The van der Waals surface area contributed by atoms with Gasteiger partial charge in [0.25, 0.3) is 0 Å². The second-order valence-electron chi connectivity index (χ2n) is 5.02. The summed E-state index contributed by atoms with van der Waals surface area (Å²) in [6.45, 7) is 1.08. The van der Waals surface area contributed by atoms with Crippen LogP contribution in [0.15, 0.2) is 54.6 Å². The highest BCUT2D eigenvalue weighted by molar-refractivity contribution is 7.18. The van der Waals surface area contributed by atoms with Gasteiger partial charge in [-0.05, 0) is 17.7 Å². The fourth-order valence-corrected chi connectivity index (χ4v) is 3.00. The van der Waals surface area contributed by atoms with Crippen molar-refractivity contribution in [1.29, 1.82) is 0 Å². The molecular weight excluding hydrogens is 310 g/mol. The van der Waals surface area contributed by atoms with Crippen LogP contribution in [0, 0.1) is 0 Å². The van der Waals surface area contributed by atoms with E-state index in [1.807, 2.05) is 54.6 Å². The van der Waals surface area contributed by atoms with Crippen LogP contribution in [0.5, 0.6) is 0 Å². The largest absolute Gasteiger partial charge is 0.458 e. The van der Waals surface area contributed by atoms with Gasteiger partial charge in [-0.2, -0.15) is 0 Å². The van der Waals surface area contributed by atoms with E-state index in [4.69, 9.17) is 9.47 Å². The number of para-hydroxylation sites is 1. The zero-order chi connectivity index (χ0) is 15.9. The molecule has 0 spiro atoms. The van der Waals surface area contributed by atoms with Gasteiger partial charge in [0.2, 0.25) is 0 Å². The molecule has 0 aliphatic heterocycles. The molecule has 0 fully saturated rings. The monoisotopic (exact) mass is 327 g/mol. The summed E-state index contributed by atoms with van der Waals surface area (Å²) in [7, 11) is 0. The van der Waals surface area contributed by atoms with Crippen LogP contribution in [-0.4, -0.2) is 17.6 Å². The summed E-state index contributed by atoms with van der Waals surface area (Å²) in [6.07, 6.45) is 0.248. The summed E-state index contributed by atoms with van der Waals surface area (Å²) in [5.74, 6) is -0.266. The van der Waals surface area contributed by atoms with Crippen molar-refractivity contribution in [3.63, 3.8) is 0 Å². The molecule has 0 radical (unpaired) electrons. The minimum Gasteiger partial charge on any atom is -0.458 e. The zero-order valence-corrected chi connectivity index (χ0v) is 13.4. The van der Waals surface area contributed by atoms with E-state index in [-0.39, 0.29) is 19.0 Å². The van der Waals surface area contributed by atoms with Crippen LogP contribution in [0.25, 0.3) is 10.2 Å². The number of rotatable bonds is 7. The molecule has 118 valence electrons. The van der Waals surface area contributed by atoms with Gasteiger partial charge in [0.15, 0.2) is 0 Å². The van der Waals surface area contributed by atoms with Gasteiger partial charge in [-0.15, -0.1) is 11.3 Å². The molecule has 0 saturated carbocycles. The maximum absolute atomic E-state index is 11.7. The molecule has 0 bridgehead atoms. The second kappa shape index (κ2) is 7.85. The number of aromatic nitrogens is 1. The first kappa shape index (κ1) is 15.6. The van der Waals surface area contributed by atoms with Gasteiger partial charge in [0, 0.05) is 0 Å². The Morgan fingerprint density at radius 2 is 1.78 bits per heavy atom. The molecule has 2 aromatic carbocycles. The molecule has 0 atom stereocenters. The summed E-state index contributed by atoms with van der Waals surface area (Å²) >= 11 is 1.55. The van der Waals surface area contributed by atoms with Crippen LogP contribution in [0.3, 0.4) is 0 Å². The first-order valence-electron chi connectivity index (χ1n) is 7.43. The first-order valence-corrected chi connectivity index (χ1v) is 8.24. The summed E-state index contributed by atoms with van der Waals surface area (Å²) in [6, 6.07) is 17.8. The average molecular weight is 327 g/mol. The lowest BCUT2D eigenvalue weighted by Crippen LogP contribution is -2.08. The third-order valence-electron chi connectivity index (χ3n) is 3.26. The van der Waals surface area contributed by atoms with Crippen LogP contribution < -0.4 is 0 Å². The van der Waals surface area contributed by atoms with E-state index < -0.39 is 0 Å². The topological polar surface area (TPSA) is 48.4 Å². The van der Waals surface area contributed by atoms with Crippen molar-refractivity contribution < 1.29 is 14.3 Å². The van der Waals surface area contributed by atoms with Crippen molar-refractivity contribution in [2.45, 2.75) is 19.6 Å². The quantitative estimate of drug-likeness (QED) is 0.487. The summed E-state index contributed by atoms with van der Waals surface area (Å²) in [4.78, 5) is 16.1. The molecule has 5 heteroatoms. The van der Waals surface area contributed by atoms with E-state index in [0.717, 1.165) is 20.8 Å². The molecule has 0 N–H and O–H groups in total. The van der Waals surface area contributed by atoms with E-state index in [2.05, 4.69) is 4.98 Å². The minimum atomic E-state index is -0.266. The molecule has 0 aliphatic carbocycles. The molecule has 3 aromatic rings. The van der Waals surface area contributed by atoms with Gasteiger partial charge >= 0.3 is 5.97 Å². The molecule has 23 heavy (non-hydrogen) atoms. The normalized spacial score (nSPS) is 10.8. The molecular formula is C18H17NO3S. The standard InChI is InChI=1S/C18H17NO3S/c20-18(10-11-21-12-14-6-2-1-3-7-14)22-13-17-19-15-8-4-5-9-16(15)23-17/h1-9H,10-13H2. The number of hydrogen-bond donors (Lipinski definition) is 0. The average Bonchev–Trinajstić information content (AvgIpc) is 3.01. The van der Waals surface area contributed by atoms with Crippen molar-refractivity contribution >= 4 is 27.5 Å². The number of thiazole rings is 1. The summed E-state index contributed by atoms with van der Waals surface area (Å²) < 4.78 is 11.8. The lowest BCUT2D eigenvalue weighted by molar-refractivity contribution is -0.146. The minimum absolute atomic E-state index is 0.219. The Morgan fingerprint density at radius 1 is 1.00 bits per heavy atom. The maximum atomic E-state index is 11.7. The SMILES string of the molecule is O=C(CCOCc1ccccc1)OCc1nc2ccccc2s1. The van der Waals surface area contributed by atoms with Gasteiger partial charge in [-0.25, -0.2) is 4.98 Å². The predicted molar refractivity (Wildman–Crippen MR) is 90.1 cm³/mol. The van der Waals surface area contributed by atoms with Crippen LogP contribution in [0.2, 0.25) is 0 Å². The number of carbonyl (C=O) groups excluding carboxylic acids is 1. The van der Waals surface area contributed by atoms with Gasteiger partial charge in [0.1, 0.15) is 11.6 Å². The van der Waals surface area contributed by atoms with Gasteiger partial charge < -0.3 is 9.47 Å². The van der Waals surface area contributed by atoms with E-state index in [0.29, 0.717) is 13.2 Å². The summed E-state index contributed by atoms with van der Waals surface area (Å²) in [5, 5.41) is 0.810.